The highest BCUT2D eigenvalue weighted by atomic mass is 32.1. The van der Waals surface area contributed by atoms with E-state index in [4.69, 9.17) is 4.74 Å². The highest BCUT2D eigenvalue weighted by Crippen LogP contribution is 2.32. The molecule has 1 saturated heterocycles. The quantitative estimate of drug-likeness (QED) is 0.247. The summed E-state index contributed by atoms with van der Waals surface area (Å²) in [6.45, 7) is 4.79. The molecule has 1 aromatic heterocycles. The molecule has 3 heterocycles. The number of likely N-dealkylation sites (N-methyl/N-ethyl adjacent to an activating group) is 1. The molecule has 0 bridgehead atoms. The molecule has 2 aliphatic rings. The Balaban J connectivity index is 1.44. The largest absolute Gasteiger partial charge is 0.497 e. The number of nitro groups is 1. The summed E-state index contributed by atoms with van der Waals surface area (Å²) in [4.78, 5) is 48.9. The predicted molar refractivity (Wildman–Crippen MR) is 175 cm³/mol. The van der Waals surface area contributed by atoms with Gasteiger partial charge in [-0.1, -0.05) is 47.7 Å². The Morgan fingerprint density at radius 3 is 2.44 bits per heavy atom. The van der Waals surface area contributed by atoms with Crippen molar-refractivity contribution in [3.8, 4) is 5.75 Å². The zero-order chi connectivity index (χ0) is 31.7. The molecule has 0 saturated carbocycles. The molecule has 0 radical (unpaired) electrons. The van der Waals surface area contributed by atoms with E-state index in [1.165, 1.54) is 22.0 Å². The Hall–Kier alpha value is -5.07. The number of aromatic nitrogens is 1. The summed E-state index contributed by atoms with van der Waals surface area (Å²) >= 11 is 1.18. The number of rotatable bonds is 7. The normalized spacial score (nSPS) is 17.1. The number of hydrogen-bond donors (Lipinski definition) is 1. The van der Waals surface area contributed by atoms with E-state index in [2.05, 4.69) is 15.2 Å². The molecule has 45 heavy (non-hydrogen) atoms. The minimum Gasteiger partial charge on any atom is -0.497 e. The van der Waals surface area contributed by atoms with E-state index in [9.17, 15) is 19.7 Å². The number of methoxy groups -OCH3 is 1. The number of benzene rings is 3. The van der Waals surface area contributed by atoms with Gasteiger partial charge < -0.3 is 19.9 Å². The van der Waals surface area contributed by atoms with E-state index in [1.54, 1.807) is 56.5 Å². The van der Waals surface area contributed by atoms with E-state index < -0.39 is 6.04 Å². The number of carbonyl (C=O) groups is 1. The van der Waals surface area contributed by atoms with Gasteiger partial charge in [-0.25, -0.2) is 4.99 Å². The summed E-state index contributed by atoms with van der Waals surface area (Å²) < 4.78 is 7.22. The van der Waals surface area contributed by atoms with Gasteiger partial charge in [0.05, 0.1) is 33.9 Å². The van der Waals surface area contributed by atoms with E-state index in [0.717, 1.165) is 13.1 Å². The molecule has 1 fully saturated rings. The highest BCUT2D eigenvalue weighted by molar-refractivity contribution is 7.07. The highest BCUT2D eigenvalue weighted by Gasteiger charge is 2.32. The third-order valence-corrected chi connectivity index (χ3v) is 9.05. The topological polar surface area (TPSA) is 122 Å². The molecule has 3 aromatic carbocycles. The first-order valence-electron chi connectivity index (χ1n) is 14.5. The van der Waals surface area contributed by atoms with Crippen LogP contribution in [-0.2, 0) is 4.79 Å². The molecular formula is C33H32N6O5S. The maximum absolute atomic E-state index is 14.1. The van der Waals surface area contributed by atoms with Crippen LogP contribution < -0.4 is 29.8 Å². The van der Waals surface area contributed by atoms with Crippen molar-refractivity contribution in [2.75, 3.05) is 50.6 Å². The Morgan fingerprint density at radius 2 is 1.78 bits per heavy atom. The minimum atomic E-state index is -0.757. The number of hydrogen-bond acceptors (Lipinski definition) is 9. The predicted octanol–water partition coefficient (Wildman–Crippen LogP) is 3.54. The third kappa shape index (κ3) is 6.02. The standard InChI is InChI=1S/C33H32N6O5S/c1-21-29(31(40)35-24-7-5-4-6-8-24)30(23-10-12-25(44-3)13-11-23)38-32(41)28(45-33(38)34-21)20-22-9-14-26(27(19-22)39(42)43)37-17-15-36(2)16-18-37/h4-14,19-20,30H,15-18H2,1-3H3,(H,35,40)/b28-20-/t30-/m0/s1. The number of nitrogens with zero attached hydrogens (tertiary/aromatic N) is 5. The summed E-state index contributed by atoms with van der Waals surface area (Å²) in [5, 5.41) is 15.0. The van der Waals surface area contributed by atoms with Crippen LogP contribution in [0.5, 0.6) is 5.75 Å². The van der Waals surface area contributed by atoms with Crippen molar-refractivity contribution in [3.63, 3.8) is 0 Å². The zero-order valence-corrected chi connectivity index (χ0v) is 25.9. The van der Waals surface area contributed by atoms with E-state index in [-0.39, 0.29) is 22.1 Å². The summed E-state index contributed by atoms with van der Waals surface area (Å²) in [6, 6.07) is 20.6. The van der Waals surface area contributed by atoms with Crippen LogP contribution in [-0.4, -0.2) is 60.6 Å². The van der Waals surface area contributed by atoms with Crippen LogP contribution in [0, 0.1) is 10.1 Å². The first-order valence-corrected chi connectivity index (χ1v) is 15.3. The molecule has 1 N–H and O–H groups in total. The van der Waals surface area contributed by atoms with Gasteiger partial charge in [0.2, 0.25) is 0 Å². The fourth-order valence-corrected chi connectivity index (χ4v) is 6.72. The Kier molecular flexibility index (Phi) is 8.33. The van der Waals surface area contributed by atoms with Crippen molar-refractivity contribution in [2.45, 2.75) is 13.0 Å². The fourth-order valence-electron chi connectivity index (χ4n) is 5.68. The lowest BCUT2D eigenvalue weighted by atomic mass is 9.95. The van der Waals surface area contributed by atoms with Crippen LogP contribution in [0.4, 0.5) is 17.1 Å². The summed E-state index contributed by atoms with van der Waals surface area (Å²) in [5.74, 6) is 0.274. The molecule has 12 heteroatoms. The molecule has 11 nitrogen and oxygen atoms in total. The number of anilines is 2. The number of thiazole rings is 1. The molecule has 6 rings (SSSR count). The molecule has 2 aliphatic heterocycles. The lowest BCUT2D eigenvalue weighted by molar-refractivity contribution is -0.384. The van der Waals surface area contributed by atoms with Crippen LogP contribution in [0.2, 0.25) is 0 Å². The number of nitro benzene ring substituents is 1. The molecule has 0 unspecified atom stereocenters. The van der Waals surface area contributed by atoms with Crippen molar-refractivity contribution < 1.29 is 14.5 Å². The lowest BCUT2D eigenvalue weighted by Gasteiger charge is -2.33. The number of allylic oxidation sites excluding steroid dienone is 1. The van der Waals surface area contributed by atoms with Gasteiger partial charge in [0.15, 0.2) is 4.80 Å². The molecular weight excluding hydrogens is 592 g/mol. The molecule has 4 aromatic rings. The Bertz CT molecular complexity index is 1980. The van der Waals surface area contributed by atoms with Gasteiger partial charge in [-0.15, -0.1) is 0 Å². The summed E-state index contributed by atoms with van der Waals surface area (Å²) in [5.41, 5.74) is 2.91. The summed E-state index contributed by atoms with van der Waals surface area (Å²) in [6.07, 6.45) is 1.65. The summed E-state index contributed by atoms with van der Waals surface area (Å²) in [7, 11) is 3.60. The number of para-hydroxylation sites is 1. The van der Waals surface area contributed by atoms with E-state index in [0.29, 0.717) is 61.9 Å². The SMILES string of the molecule is COc1ccc([C@H]2C(C(=O)Nc3ccccc3)=C(C)N=c3s/c(=C\c4ccc(N5CCN(C)CC5)c([N+](=O)[O-])c4)c(=O)n32)cc1. The van der Waals surface area contributed by atoms with Gasteiger partial charge in [-0.2, -0.15) is 0 Å². The van der Waals surface area contributed by atoms with Crippen LogP contribution in [0.3, 0.4) is 0 Å². The van der Waals surface area contributed by atoms with Gasteiger partial charge in [0, 0.05) is 37.9 Å². The van der Waals surface area contributed by atoms with Crippen LogP contribution in [0.25, 0.3) is 6.08 Å². The molecule has 0 aliphatic carbocycles. The average Bonchev–Trinajstić information content (AvgIpc) is 3.34. The van der Waals surface area contributed by atoms with E-state index in [1.807, 2.05) is 42.3 Å². The van der Waals surface area contributed by atoms with Gasteiger partial charge in [-0.3, -0.25) is 24.3 Å². The maximum Gasteiger partial charge on any atom is 0.293 e. The Labute approximate surface area is 263 Å². The van der Waals surface area contributed by atoms with Crippen LogP contribution >= 0.6 is 11.3 Å². The van der Waals surface area contributed by atoms with Crippen molar-refractivity contribution >= 4 is 40.4 Å². The fraction of sp³-hybridized carbons (Fsp3) is 0.242. The van der Waals surface area contributed by atoms with Crippen LogP contribution in [0.1, 0.15) is 24.1 Å². The first-order chi connectivity index (χ1) is 21.7. The maximum atomic E-state index is 14.1. The van der Waals surface area contributed by atoms with Crippen LogP contribution in [0.15, 0.2) is 93.9 Å². The molecule has 0 spiro atoms. The molecule has 230 valence electrons. The Morgan fingerprint density at radius 1 is 1.07 bits per heavy atom. The number of amides is 1. The second kappa shape index (κ2) is 12.5. The second-order valence-electron chi connectivity index (χ2n) is 11.0. The lowest BCUT2D eigenvalue weighted by Crippen LogP contribution is -2.44. The number of carbonyl (C=O) groups excluding carboxylic acids is 1. The number of fused-ring (bicyclic) bond motifs is 1. The van der Waals surface area contributed by atoms with Gasteiger partial charge in [0.1, 0.15) is 11.4 Å². The number of piperazine rings is 1. The smallest absolute Gasteiger partial charge is 0.293 e. The van der Waals surface area contributed by atoms with Crippen molar-refractivity contribution in [3.05, 3.63) is 125 Å². The second-order valence-corrected chi connectivity index (χ2v) is 12.0. The van der Waals surface area contributed by atoms with Gasteiger partial charge in [0.25, 0.3) is 17.2 Å². The van der Waals surface area contributed by atoms with Crippen molar-refractivity contribution in [1.29, 1.82) is 0 Å². The van der Waals surface area contributed by atoms with E-state index >= 15 is 0 Å². The molecule has 1 atom stereocenters. The van der Waals surface area contributed by atoms with Crippen molar-refractivity contribution in [1.82, 2.24) is 9.47 Å². The first kappa shape index (κ1) is 30.0. The number of nitrogens with one attached hydrogen (secondary N) is 1. The van der Waals surface area contributed by atoms with Gasteiger partial charge >= 0.3 is 0 Å². The molecule has 1 amide bonds. The average molecular weight is 625 g/mol. The minimum absolute atomic E-state index is 0.00657. The van der Waals surface area contributed by atoms with Gasteiger partial charge in [-0.05, 0) is 61.5 Å². The van der Waals surface area contributed by atoms with Crippen molar-refractivity contribution in [2.24, 2.45) is 4.99 Å². The zero-order valence-electron chi connectivity index (χ0n) is 25.1. The third-order valence-electron chi connectivity index (χ3n) is 8.07. The number of ether oxygens (including phenoxy) is 1. The monoisotopic (exact) mass is 624 g/mol.